The van der Waals surface area contributed by atoms with Gasteiger partial charge in [-0.3, -0.25) is 14.6 Å². The van der Waals surface area contributed by atoms with E-state index in [2.05, 4.69) is 75.4 Å². The highest BCUT2D eigenvalue weighted by atomic mass is 32.1. The van der Waals surface area contributed by atoms with Gasteiger partial charge in [0, 0.05) is 38.6 Å². The second-order valence-electron chi connectivity index (χ2n) is 10.4. The highest BCUT2D eigenvalue weighted by Crippen LogP contribution is 2.60. The lowest BCUT2D eigenvalue weighted by Crippen LogP contribution is -2.49. The molecule has 0 N–H and O–H groups in total. The largest absolute Gasteiger partial charge is 0.340 e. The number of nitrogens with zero attached hydrogens (tertiary/aromatic N) is 4. The summed E-state index contributed by atoms with van der Waals surface area (Å²) in [5.74, 6) is 0.681. The molecule has 2 aromatic carbocycles. The van der Waals surface area contributed by atoms with Crippen LogP contribution in [0.2, 0.25) is 0 Å². The van der Waals surface area contributed by atoms with Crippen molar-refractivity contribution in [2.75, 3.05) is 45.8 Å². The molecule has 182 valence electrons. The van der Waals surface area contributed by atoms with Crippen LogP contribution in [0, 0.1) is 11.3 Å². The van der Waals surface area contributed by atoms with Crippen molar-refractivity contribution >= 4 is 33.5 Å². The zero-order valence-corrected chi connectivity index (χ0v) is 21.1. The van der Waals surface area contributed by atoms with Gasteiger partial charge in [-0.15, -0.1) is 11.3 Å². The van der Waals surface area contributed by atoms with Crippen LogP contribution in [-0.2, 0) is 11.3 Å². The molecule has 3 aliphatic rings. The van der Waals surface area contributed by atoms with Crippen LogP contribution in [0.3, 0.4) is 0 Å². The van der Waals surface area contributed by atoms with Crippen LogP contribution in [0.15, 0.2) is 60.7 Å². The maximum atomic E-state index is 13.3. The minimum atomic E-state index is 0.261. The van der Waals surface area contributed by atoms with E-state index in [1.807, 2.05) is 17.4 Å². The molecule has 35 heavy (non-hydrogen) atoms. The van der Waals surface area contributed by atoms with Crippen LogP contribution < -0.4 is 0 Å². The van der Waals surface area contributed by atoms with Gasteiger partial charge in [-0.05, 0) is 55.5 Å². The third-order valence-electron chi connectivity index (χ3n) is 8.19. The molecule has 2 saturated heterocycles. The molecule has 0 radical (unpaired) electrons. The average Bonchev–Trinajstić information content (AvgIpc) is 3.44. The van der Waals surface area contributed by atoms with Crippen molar-refractivity contribution in [2.24, 2.45) is 11.3 Å². The first-order valence-corrected chi connectivity index (χ1v) is 13.8. The number of carbonyl (C=O) groups excluding carboxylic acids is 1. The molecular weight excluding hydrogens is 452 g/mol. The molecule has 6 heteroatoms. The van der Waals surface area contributed by atoms with E-state index in [0.717, 1.165) is 77.1 Å². The summed E-state index contributed by atoms with van der Waals surface area (Å²) in [6.07, 6.45) is 7.83. The Labute approximate surface area is 212 Å². The van der Waals surface area contributed by atoms with Crippen LogP contribution in [0.25, 0.3) is 16.3 Å². The van der Waals surface area contributed by atoms with Gasteiger partial charge in [-0.25, -0.2) is 4.98 Å². The van der Waals surface area contributed by atoms with Crippen molar-refractivity contribution in [3.63, 3.8) is 0 Å². The van der Waals surface area contributed by atoms with Gasteiger partial charge in [0.1, 0.15) is 5.01 Å². The zero-order valence-electron chi connectivity index (χ0n) is 20.3. The van der Waals surface area contributed by atoms with Crippen molar-refractivity contribution in [2.45, 2.75) is 25.8 Å². The van der Waals surface area contributed by atoms with Crippen molar-refractivity contribution in [3.8, 4) is 0 Å². The number of rotatable bonds is 6. The Morgan fingerprint density at radius 2 is 1.69 bits per heavy atom. The van der Waals surface area contributed by atoms with Gasteiger partial charge in [-0.1, -0.05) is 54.6 Å². The topological polar surface area (TPSA) is 39.7 Å². The maximum absolute atomic E-state index is 13.3. The minimum Gasteiger partial charge on any atom is -0.340 e. The van der Waals surface area contributed by atoms with E-state index in [0.29, 0.717) is 5.91 Å². The van der Waals surface area contributed by atoms with Gasteiger partial charge >= 0.3 is 0 Å². The Hall–Kier alpha value is -2.54. The summed E-state index contributed by atoms with van der Waals surface area (Å²) in [6, 6.07) is 18.8. The maximum Gasteiger partial charge on any atom is 0.226 e. The average molecular weight is 487 g/mol. The molecule has 1 aliphatic carbocycles. The van der Waals surface area contributed by atoms with Crippen LogP contribution in [0.4, 0.5) is 0 Å². The monoisotopic (exact) mass is 486 g/mol. The molecule has 6 rings (SSSR count). The number of benzene rings is 2. The van der Waals surface area contributed by atoms with Crippen LogP contribution >= 0.6 is 11.3 Å². The lowest BCUT2D eigenvalue weighted by molar-refractivity contribution is -0.135. The summed E-state index contributed by atoms with van der Waals surface area (Å²) >= 11 is 1.81. The Balaban J connectivity index is 0.948. The number of thiazole rings is 1. The molecule has 1 amide bonds. The molecule has 3 fully saturated rings. The van der Waals surface area contributed by atoms with Crippen molar-refractivity contribution in [1.82, 2.24) is 19.7 Å². The number of amides is 1. The van der Waals surface area contributed by atoms with E-state index in [4.69, 9.17) is 4.98 Å². The van der Waals surface area contributed by atoms with Crippen molar-refractivity contribution in [3.05, 3.63) is 71.2 Å². The molecule has 0 bridgehead atoms. The quantitative estimate of drug-likeness (QED) is 0.504. The number of hydrogen-bond donors (Lipinski definition) is 0. The summed E-state index contributed by atoms with van der Waals surface area (Å²) in [4.78, 5) is 25.2. The number of hydrogen-bond acceptors (Lipinski definition) is 5. The molecular formula is C29H34N4OS. The fraction of sp³-hybridized carbons (Fsp3) is 0.448. The van der Waals surface area contributed by atoms with Gasteiger partial charge in [0.15, 0.2) is 0 Å². The lowest BCUT2D eigenvalue weighted by Gasteiger charge is -2.36. The number of aromatic nitrogens is 1. The van der Waals surface area contributed by atoms with E-state index < -0.39 is 0 Å². The molecule has 1 saturated carbocycles. The number of piperidine rings is 1. The van der Waals surface area contributed by atoms with Gasteiger partial charge in [-0.2, -0.15) is 0 Å². The van der Waals surface area contributed by atoms with Crippen LogP contribution in [0.5, 0.6) is 0 Å². The van der Waals surface area contributed by atoms with E-state index in [1.54, 1.807) is 0 Å². The Morgan fingerprint density at radius 3 is 2.46 bits per heavy atom. The second-order valence-corrected chi connectivity index (χ2v) is 11.5. The standard InChI is InChI=1S/C29H34N4OS/c34-28(33-19-17-31(18-20-33)14-6-9-23-7-2-1-3-8-23)24-21-29(24)12-15-32(16-13-29)22-27-30-25-10-4-5-11-26(25)35-27/h1-11,24H,12-22H2/b9-6+/t24-/m0/s1. The Morgan fingerprint density at radius 1 is 0.943 bits per heavy atom. The molecule has 3 heterocycles. The van der Waals surface area contributed by atoms with Crippen molar-refractivity contribution < 1.29 is 4.79 Å². The van der Waals surface area contributed by atoms with Crippen LogP contribution in [-0.4, -0.2) is 71.4 Å². The number of likely N-dealkylation sites (tertiary alicyclic amines) is 1. The molecule has 5 nitrogen and oxygen atoms in total. The summed E-state index contributed by atoms with van der Waals surface area (Å²) in [7, 11) is 0. The number of piperazine rings is 1. The summed E-state index contributed by atoms with van der Waals surface area (Å²) < 4.78 is 1.27. The summed E-state index contributed by atoms with van der Waals surface area (Å²) in [5, 5.41) is 1.21. The Bertz CT molecular complexity index is 1160. The van der Waals surface area contributed by atoms with Crippen LogP contribution in [0.1, 0.15) is 29.8 Å². The minimum absolute atomic E-state index is 0.261. The smallest absolute Gasteiger partial charge is 0.226 e. The molecule has 0 unspecified atom stereocenters. The fourth-order valence-electron chi connectivity index (χ4n) is 5.86. The highest BCUT2D eigenvalue weighted by Gasteiger charge is 2.59. The third kappa shape index (κ3) is 5.06. The van der Waals surface area contributed by atoms with E-state index in [9.17, 15) is 4.79 Å². The summed E-state index contributed by atoms with van der Waals surface area (Å²) in [6.45, 7) is 7.75. The second kappa shape index (κ2) is 9.84. The molecule has 1 spiro atoms. The van der Waals surface area contributed by atoms with Gasteiger partial charge in [0.05, 0.1) is 16.8 Å². The fourth-order valence-corrected chi connectivity index (χ4v) is 6.87. The first-order chi connectivity index (χ1) is 17.2. The zero-order chi connectivity index (χ0) is 23.7. The van der Waals surface area contributed by atoms with Gasteiger partial charge in [0.25, 0.3) is 0 Å². The number of para-hydroxylation sites is 1. The number of fused-ring (bicyclic) bond motifs is 1. The Kier molecular flexibility index (Phi) is 6.44. The van der Waals surface area contributed by atoms with E-state index in [1.165, 1.54) is 15.3 Å². The van der Waals surface area contributed by atoms with Gasteiger partial charge < -0.3 is 4.90 Å². The van der Waals surface area contributed by atoms with Gasteiger partial charge in [0.2, 0.25) is 5.91 Å². The lowest BCUT2D eigenvalue weighted by atomic mass is 9.90. The molecule has 1 aromatic heterocycles. The summed E-state index contributed by atoms with van der Waals surface area (Å²) in [5.41, 5.74) is 2.63. The third-order valence-corrected chi connectivity index (χ3v) is 9.22. The van der Waals surface area contributed by atoms with E-state index >= 15 is 0 Å². The van der Waals surface area contributed by atoms with Crippen molar-refractivity contribution in [1.29, 1.82) is 0 Å². The molecule has 2 aliphatic heterocycles. The first kappa shape index (κ1) is 22.9. The normalized spacial score (nSPS) is 22.9. The SMILES string of the molecule is O=C([C@@H]1CC12CCN(Cc1nc3ccccc3s1)CC2)N1CCN(C/C=C/c2ccccc2)CC1. The molecule has 1 atom stereocenters. The predicted molar refractivity (Wildman–Crippen MR) is 143 cm³/mol. The molecule has 3 aromatic rings. The van der Waals surface area contributed by atoms with E-state index in [-0.39, 0.29) is 11.3 Å². The first-order valence-electron chi connectivity index (χ1n) is 13.0. The number of carbonyl (C=O) groups is 1. The highest BCUT2D eigenvalue weighted by molar-refractivity contribution is 7.18. The predicted octanol–water partition coefficient (Wildman–Crippen LogP) is 4.76.